The van der Waals surface area contributed by atoms with E-state index in [9.17, 15) is 30.0 Å². The minimum atomic E-state index is -0.203. The van der Waals surface area contributed by atoms with Gasteiger partial charge in [0, 0.05) is 39.0 Å². The van der Waals surface area contributed by atoms with E-state index in [4.69, 9.17) is 5.73 Å². The SMILES string of the molecule is NCCCN(CCCCN(Cc1ccccc1)C(=O)CCc1ccc(O)c(O)c1)C(=O)CCc1ccc(O)c(O)c1. The topological polar surface area (TPSA) is 148 Å². The molecule has 0 spiro atoms. The Balaban J connectivity index is 1.55. The Bertz CT molecular complexity index is 1270. The summed E-state index contributed by atoms with van der Waals surface area (Å²) in [5, 5.41) is 38.5. The van der Waals surface area contributed by atoms with Crippen LogP contribution < -0.4 is 5.73 Å². The second-order valence-corrected chi connectivity index (χ2v) is 10.2. The summed E-state index contributed by atoms with van der Waals surface area (Å²) in [6, 6.07) is 19.0. The van der Waals surface area contributed by atoms with Crippen molar-refractivity contribution < 1.29 is 30.0 Å². The van der Waals surface area contributed by atoms with Crippen LogP contribution in [0.25, 0.3) is 0 Å². The van der Waals surface area contributed by atoms with Crippen LogP contribution in [-0.2, 0) is 29.0 Å². The van der Waals surface area contributed by atoms with Gasteiger partial charge < -0.3 is 36.0 Å². The summed E-state index contributed by atoms with van der Waals surface area (Å²) in [4.78, 5) is 29.9. The second-order valence-electron chi connectivity index (χ2n) is 10.2. The van der Waals surface area contributed by atoms with Crippen LogP contribution in [0.4, 0.5) is 0 Å². The van der Waals surface area contributed by atoms with Gasteiger partial charge in [-0.25, -0.2) is 0 Å². The molecule has 0 saturated heterocycles. The lowest BCUT2D eigenvalue weighted by Gasteiger charge is -2.25. The fourth-order valence-electron chi connectivity index (χ4n) is 4.61. The summed E-state index contributed by atoms with van der Waals surface area (Å²) in [6.45, 7) is 2.62. The van der Waals surface area contributed by atoms with Gasteiger partial charge in [-0.15, -0.1) is 0 Å². The summed E-state index contributed by atoms with van der Waals surface area (Å²) >= 11 is 0. The minimum absolute atomic E-state index is 0.000355. The maximum absolute atomic E-state index is 13.2. The van der Waals surface area contributed by atoms with Crippen molar-refractivity contribution >= 4 is 11.8 Å². The number of aromatic hydroxyl groups is 4. The molecular weight excluding hydrogens is 522 g/mol. The molecule has 6 N–H and O–H groups in total. The monoisotopic (exact) mass is 563 g/mol. The number of rotatable bonds is 16. The Labute approximate surface area is 241 Å². The smallest absolute Gasteiger partial charge is 0.223 e. The number of carbonyl (C=O) groups is 2. The first-order valence-electron chi connectivity index (χ1n) is 14.1. The van der Waals surface area contributed by atoms with E-state index < -0.39 is 0 Å². The van der Waals surface area contributed by atoms with Crippen molar-refractivity contribution in [2.24, 2.45) is 5.73 Å². The van der Waals surface area contributed by atoms with Crippen LogP contribution in [0.1, 0.15) is 48.8 Å². The number of benzene rings is 3. The van der Waals surface area contributed by atoms with E-state index in [1.165, 1.54) is 24.3 Å². The molecule has 41 heavy (non-hydrogen) atoms. The van der Waals surface area contributed by atoms with Crippen LogP contribution in [0.2, 0.25) is 0 Å². The van der Waals surface area contributed by atoms with Gasteiger partial charge in [-0.3, -0.25) is 9.59 Å². The fourth-order valence-corrected chi connectivity index (χ4v) is 4.61. The normalized spacial score (nSPS) is 10.9. The van der Waals surface area contributed by atoms with Crippen LogP contribution in [0, 0.1) is 0 Å². The average Bonchev–Trinajstić information content (AvgIpc) is 2.97. The van der Waals surface area contributed by atoms with Crippen LogP contribution in [-0.4, -0.2) is 68.2 Å². The molecule has 9 nitrogen and oxygen atoms in total. The largest absolute Gasteiger partial charge is 0.504 e. The highest BCUT2D eigenvalue weighted by Crippen LogP contribution is 2.26. The number of phenolic OH excluding ortho intramolecular Hbond substituents is 4. The molecule has 0 fully saturated rings. The average molecular weight is 564 g/mol. The number of carbonyl (C=O) groups excluding carboxylic acids is 2. The molecule has 0 atom stereocenters. The van der Waals surface area contributed by atoms with E-state index in [1.807, 2.05) is 40.1 Å². The zero-order valence-corrected chi connectivity index (χ0v) is 23.4. The molecule has 2 amide bonds. The van der Waals surface area contributed by atoms with Crippen LogP contribution in [0.15, 0.2) is 66.7 Å². The molecule has 0 aromatic heterocycles. The predicted molar refractivity (Wildman–Crippen MR) is 158 cm³/mol. The molecule has 0 aliphatic rings. The van der Waals surface area contributed by atoms with Gasteiger partial charge in [0.1, 0.15) is 0 Å². The molecule has 3 aromatic rings. The third-order valence-electron chi connectivity index (χ3n) is 6.99. The van der Waals surface area contributed by atoms with Gasteiger partial charge in [0.05, 0.1) is 0 Å². The quantitative estimate of drug-likeness (QED) is 0.130. The number of aryl methyl sites for hydroxylation is 2. The molecule has 0 radical (unpaired) electrons. The molecule has 0 heterocycles. The van der Waals surface area contributed by atoms with Gasteiger partial charge in [0.15, 0.2) is 23.0 Å². The van der Waals surface area contributed by atoms with E-state index in [1.54, 1.807) is 12.1 Å². The summed E-state index contributed by atoms with van der Waals surface area (Å²) in [5.41, 5.74) is 8.27. The van der Waals surface area contributed by atoms with Crippen LogP contribution in [0.3, 0.4) is 0 Å². The van der Waals surface area contributed by atoms with E-state index in [-0.39, 0.29) is 47.7 Å². The predicted octanol–water partition coefficient (Wildman–Crippen LogP) is 4.06. The zero-order chi connectivity index (χ0) is 29.6. The van der Waals surface area contributed by atoms with Crippen molar-refractivity contribution in [2.45, 2.75) is 51.5 Å². The first kappa shape index (κ1) is 31.3. The molecule has 0 aliphatic carbocycles. The van der Waals surface area contributed by atoms with Crippen molar-refractivity contribution in [2.75, 3.05) is 26.2 Å². The van der Waals surface area contributed by atoms with Crippen molar-refractivity contribution in [1.82, 2.24) is 9.80 Å². The van der Waals surface area contributed by atoms with Gasteiger partial charge in [-0.2, -0.15) is 0 Å². The van der Waals surface area contributed by atoms with Gasteiger partial charge >= 0.3 is 0 Å². The van der Waals surface area contributed by atoms with Crippen molar-refractivity contribution in [1.29, 1.82) is 0 Å². The molecule has 3 rings (SSSR count). The molecule has 3 aromatic carbocycles. The Hall–Kier alpha value is -4.24. The van der Waals surface area contributed by atoms with E-state index >= 15 is 0 Å². The molecule has 0 aliphatic heterocycles. The number of phenols is 4. The molecular formula is C32H41N3O6. The summed E-state index contributed by atoms with van der Waals surface area (Å²) in [7, 11) is 0. The summed E-state index contributed by atoms with van der Waals surface area (Å²) in [5.74, 6) is -0.791. The number of hydrogen-bond donors (Lipinski definition) is 5. The molecule has 220 valence electrons. The van der Waals surface area contributed by atoms with Gasteiger partial charge in [-0.05, 0) is 79.6 Å². The van der Waals surface area contributed by atoms with Gasteiger partial charge in [0.2, 0.25) is 11.8 Å². The maximum Gasteiger partial charge on any atom is 0.223 e. The highest BCUT2D eigenvalue weighted by Gasteiger charge is 2.17. The number of unbranched alkanes of at least 4 members (excludes halogenated alkanes) is 1. The number of hydrogen-bond acceptors (Lipinski definition) is 7. The van der Waals surface area contributed by atoms with Crippen molar-refractivity contribution in [3.8, 4) is 23.0 Å². The zero-order valence-electron chi connectivity index (χ0n) is 23.4. The highest BCUT2D eigenvalue weighted by atomic mass is 16.3. The molecule has 0 saturated carbocycles. The maximum atomic E-state index is 13.2. The van der Waals surface area contributed by atoms with Gasteiger partial charge in [0.25, 0.3) is 0 Å². The van der Waals surface area contributed by atoms with E-state index in [2.05, 4.69) is 0 Å². The van der Waals surface area contributed by atoms with Gasteiger partial charge in [-0.1, -0.05) is 42.5 Å². The standard InChI is InChI=1S/C32H41N3O6/c33-17-6-20-34(31(40)15-11-24-9-13-27(36)29(38)21-24)18-4-5-19-35(23-26-7-2-1-3-8-26)32(41)16-12-25-10-14-28(37)30(39)22-25/h1-3,7-10,13-14,21-22,36-39H,4-6,11-12,15-20,23,33H2. The molecule has 0 bridgehead atoms. The van der Waals surface area contributed by atoms with Crippen molar-refractivity contribution in [3.05, 3.63) is 83.4 Å². The number of nitrogens with two attached hydrogens (primary N) is 1. The van der Waals surface area contributed by atoms with E-state index in [0.717, 1.165) is 29.5 Å². The lowest BCUT2D eigenvalue weighted by atomic mass is 10.1. The second kappa shape index (κ2) is 16.1. The number of amides is 2. The number of nitrogens with zero attached hydrogens (tertiary/aromatic N) is 2. The lowest BCUT2D eigenvalue weighted by Crippen LogP contribution is -2.35. The molecule has 0 unspecified atom stereocenters. The van der Waals surface area contributed by atoms with Crippen molar-refractivity contribution in [3.63, 3.8) is 0 Å². The summed E-state index contributed by atoms with van der Waals surface area (Å²) in [6.07, 6.45) is 3.57. The van der Waals surface area contributed by atoms with E-state index in [0.29, 0.717) is 52.0 Å². The Morgan fingerprint density at radius 2 is 1.07 bits per heavy atom. The fraction of sp³-hybridized carbons (Fsp3) is 0.375. The van der Waals surface area contributed by atoms with Crippen LogP contribution >= 0.6 is 0 Å². The lowest BCUT2D eigenvalue weighted by molar-refractivity contribution is -0.133. The molecule has 9 heteroatoms. The Kier molecular flexibility index (Phi) is 12.3. The Morgan fingerprint density at radius 3 is 1.59 bits per heavy atom. The first-order chi connectivity index (χ1) is 19.8. The third-order valence-corrected chi connectivity index (χ3v) is 6.99. The van der Waals surface area contributed by atoms with Crippen LogP contribution in [0.5, 0.6) is 23.0 Å². The highest BCUT2D eigenvalue weighted by molar-refractivity contribution is 5.77. The minimum Gasteiger partial charge on any atom is -0.504 e. The Morgan fingerprint density at radius 1 is 0.585 bits per heavy atom. The third kappa shape index (κ3) is 10.3. The first-order valence-corrected chi connectivity index (χ1v) is 14.1. The summed E-state index contributed by atoms with van der Waals surface area (Å²) < 4.78 is 0.